The van der Waals surface area contributed by atoms with Crippen LogP contribution in [0, 0.1) is 12.7 Å². The molecule has 0 bridgehead atoms. The fourth-order valence-electron chi connectivity index (χ4n) is 3.47. The molecular formula is C27H30FN3O3S. The van der Waals surface area contributed by atoms with Crippen molar-refractivity contribution in [1.82, 2.24) is 9.80 Å². The summed E-state index contributed by atoms with van der Waals surface area (Å²) >= 11 is 1.57. The summed E-state index contributed by atoms with van der Waals surface area (Å²) in [6.07, 6.45) is 1.58. The zero-order chi connectivity index (χ0) is 25.2. The molecule has 1 heterocycles. The highest BCUT2D eigenvalue weighted by molar-refractivity contribution is 7.10. The maximum atomic E-state index is 13.4. The number of thiophene rings is 1. The molecule has 0 aliphatic carbocycles. The van der Waals surface area contributed by atoms with Gasteiger partial charge in [-0.1, -0.05) is 30.3 Å². The van der Waals surface area contributed by atoms with E-state index in [1.54, 1.807) is 52.6 Å². The number of para-hydroxylation sites is 2. The molecule has 2 aromatic carbocycles. The summed E-state index contributed by atoms with van der Waals surface area (Å²) < 4.78 is 19.0. The summed E-state index contributed by atoms with van der Waals surface area (Å²) in [5.74, 6) is -0.00144. The Morgan fingerprint density at radius 2 is 1.83 bits per heavy atom. The Bertz CT molecular complexity index is 1150. The second-order valence-corrected chi connectivity index (χ2v) is 8.93. The second-order valence-electron chi connectivity index (χ2n) is 7.93. The van der Waals surface area contributed by atoms with Crippen LogP contribution in [0.3, 0.4) is 0 Å². The highest BCUT2D eigenvalue weighted by Gasteiger charge is 2.23. The van der Waals surface area contributed by atoms with Gasteiger partial charge in [0.25, 0.3) is 0 Å². The highest BCUT2D eigenvalue weighted by atomic mass is 32.1. The number of aryl methyl sites for hydroxylation is 1. The van der Waals surface area contributed by atoms with Crippen LogP contribution in [0.15, 0.2) is 72.6 Å². The Labute approximate surface area is 209 Å². The largest absolute Gasteiger partial charge is 0.492 e. The molecule has 0 saturated heterocycles. The molecule has 3 rings (SSSR count). The molecule has 0 aliphatic heterocycles. The third kappa shape index (κ3) is 7.42. The molecule has 3 aromatic rings. The average Bonchev–Trinajstić information content (AvgIpc) is 3.25. The molecule has 1 aromatic heterocycles. The zero-order valence-electron chi connectivity index (χ0n) is 20.0. The molecule has 0 radical (unpaired) electrons. The summed E-state index contributed by atoms with van der Waals surface area (Å²) in [4.78, 5) is 30.7. The van der Waals surface area contributed by atoms with Gasteiger partial charge in [-0.15, -0.1) is 17.9 Å². The van der Waals surface area contributed by atoms with Crippen LogP contribution in [0.2, 0.25) is 0 Å². The van der Waals surface area contributed by atoms with Crippen molar-refractivity contribution in [3.05, 3.63) is 94.5 Å². The van der Waals surface area contributed by atoms with E-state index >= 15 is 0 Å². The third-order valence-electron chi connectivity index (χ3n) is 5.33. The molecule has 6 nitrogen and oxygen atoms in total. The van der Waals surface area contributed by atoms with E-state index in [-0.39, 0.29) is 24.8 Å². The van der Waals surface area contributed by atoms with Gasteiger partial charge in [0.05, 0.1) is 18.8 Å². The van der Waals surface area contributed by atoms with E-state index in [1.165, 1.54) is 17.0 Å². The van der Waals surface area contributed by atoms with Gasteiger partial charge in [-0.3, -0.25) is 4.79 Å². The maximum absolute atomic E-state index is 13.4. The number of nitrogens with one attached hydrogen (secondary N) is 1. The molecule has 0 unspecified atom stereocenters. The first-order valence-electron chi connectivity index (χ1n) is 11.3. The van der Waals surface area contributed by atoms with Crippen molar-refractivity contribution in [2.45, 2.75) is 26.9 Å². The number of urea groups is 1. The number of carbonyl (C=O) groups is 2. The van der Waals surface area contributed by atoms with E-state index in [1.807, 2.05) is 31.4 Å². The number of hydrogen-bond donors (Lipinski definition) is 1. The van der Waals surface area contributed by atoms with Crippen molar-refractivity contribution in [2.75, 3.05) is 25.0 Å². The van der Waals surface area contributed by atoms with Crippen LogP contribution in [0.4, 0.5) is 14.9 Å². The summed E-state index contributed by atoms with van der Waals surface area (Å²) in [5.41, 5.74) is 2.43. The fraction of sp³-hybridized carbons (Fsp3) is 0.259. The molecular weight excluding hydrogens is 465 g/mol. The lowest BCUT2D eigenvalue weighted by molar-refractivity contribution is -0.132. The molecule has 35 heavy (non-hydrogen) atoms. The van der Waals surface area contributed by atoms with Gasteiger partial charge < -0.3 is 19.9 Å². The van der Waals surface area contributed by atoms with Crippen molar-refractivity contribution in [2.24, 2.45) is 0 Å². The number of amides is 3. The van der Waals surface area contributed by atoms with E-state index in [2.05, 4.69) is 11.9 Å². The van der Waals surface area contributed by atoms with E-state index in [0.717, 1.165) is 16.0 Å². The maximum Gasteiger partial charge on any atom is 0.322 e. The number of rotatable bonds is 11. The Kier molecular flexibility index (Phi) is 9.43. The quantitative estimate of drug-likeness (QED) is 0.340. The Hall–Kier alpha value is -3.65. The minimum atomic E-state index is -0.431. The predicted octanol–water partition coefficient (Wildman–Crippen LogP) is 5.84. The van der Waals surface area contributed by atoms with Crippen LogP contribution in [0.5, 0.6) is 5.75 Å². The molecule has 0 aliphatic rings. The Morgan fingerprint density at radius 1 is 1.09 bits per heavy atom. The van der Waals surface area contributed by atoms with Crippen molar-refractivity contribution in [1.29, 1.82) is 0 Å². The minimum Gasteiger partial charge on any atom is -0.492 e. The molecule has 0 atom stereocenters. The SMILES string of the molecule is C=CCN(CC(=O)N(Cc1ccc(F)cc1)Cc1sccc1C)C(=O)Nc1ccccc1OCC. The number of ether oxygens (including phenoxy) is 1. The molecule has 8 heteroatoms. The normalized spacial score (nSPS) is 10.5. The lowest BCUT2D eigenvalue weighted by Gasteiger charge is -2.27. The standard InChI is InChI=1S/C27H30FN3O3S/c1-4-15-30(27(33)29-23-8-6-7-9-24(23)34-5-2)19-26(32)31(18-25-20(3)14-16-35-25)17-21-10-12-22(28)13-11-21/h4,6-14,16H,1,5,15,17-19H2,2-3H3,(H,29,33). The molecule has 0 spiro atoms. The summed E-state index contributed by atoms with van der Waals surface area (Å²) in [6, 6.07) is 14.8. The van der Waals surface area contributed by atoms with Gasteiger partial charge >= 0.3 is 6.03 Å². The smallest absolute Gasteiger partial charge is 0.322 e. The van der Waals surface area contributed by atoms with Gasteiger partial charge in [0.15, 0.2) is 0 Å². The first-order chi connectivity index (χ1) is 16.9. The lowest BCUT2D eigenvalue weighted by Crippen LogP contribution is -2.44. The van der Waals surface area contributed by atoms with E-state index in [0.29, 0.717) is 31.1 Å². The van der Waals surface area contributed by atoms with E-state index in [4.69, 9.17) is 4.74 Å². The van der Waals surface area contributed by atoms with Crippen molar-refractivity contribution < 1.29 is 18.7 Å². The number of halogens is 1. The van der Waals surface area contributed by atoms with Gasteiger partial charge in [-0.2, -0.15) is 0 Å². The monoisotopic (exact) mass is 495 g/mol. The summed E-state index contributed by atoms with van der Waals surface area (Å²) in [6.45, 7) is 8.81. The van der Waals surface area contributed by atoms with Crippen LogP contribution < -0.4 is 10.1 Å². The number of benzene rings is 2. The van der Waals surface area contributed by atoms with Crippen molar-refractivity contribution >= 4 is 29.0 Å². The Balaban J connectivity index is 1.77. The predicted molar refractivity (Wildman–Crippen MR) is 138 cm³/mol. The number of nitrogens with zero attached hydrogens (tertiary/aromatic N) is 2. The minimum absolute atomic E-state index is 0.139. The van der Waals surface area contributed by atoms with E-state index in [9.17, 15) is 14.0 Å². The molecule has 0 fully saturated rings. The number of hydrogen-bond acceptors (Lipinski definition) is 4. The molecule has 184 valence electrons. The topological polar surface area (TPSA) is 61.9 Å². The summed E-state index contributed by atoms with van der Waals surface area (Å²) in [5, 5.41) is 4.82. The highest BCUT2D eigenvalue weighted by Crippen LogP contribution is 2.24. The van der Waals surface area contributed by atoms with Crippen LogP contribution in [0.25, 0.3) is 0 Å². The third-order valence-corrected chi connectivity index (χ3v) is 6.34. The van der Waals surface area contributed by atoms with Crippen LogP contribution >= 0.6 is 11.3 Å². The molecule has 1 N–H and O–H groups in total. The number of carbonyl (C=O) groups excluding carboxylic acids is 2. The van der Waals surface area contributed by atoms with Gasteiger partial charge in [-0.25, -0.2) is 9.18 Å². The Morgan fingerprint density at radius 3 is 2.49 bits per heavy atom. The fourth-order valence-corrected chi connectivity index (χ4v) is 4.39. The van der Waals surface area contributed by atoms with Crippen molar-refractivity contribution in [3.63, 3.8) is 0 Å². The van der Waals surface area contributed by atoms with Crippen molar-refractivity contribution in [3.8, 4) is 5.75 Å². The molecule has 3 amide bonds. The van der Waals surface area contributed by atoms with Crippen LogP contribution in [0.1, 0.15) is 22.9 Å². The first-order valence-corrected chi connectivity index (χ1v) is 12.2. The zero-order valence-corrected chi connectivity index (χ0v) is 20.8. The van der Waals surface area contributed by atoms with E-state index < -0.39 is 6.03 Å². The second kappa shape index (κ2) is 12.7. The summed E-state index contributed by atoms with van der Waals surface area (Å²) in [7, 11) is 0. The van der Waals surface area contributed by atoms with Gasteiger partial charge in [0.1, 0.15) is 18.1 Å². The molecule has 0 saturated carbocycles. The van der Waals surface area contributed by atoms with Gasteiger partial charge in [0, 0.05) is 18.0 Å². The first kappa shape index (κ1) is 26.0. The number of anilines is 1. The van der Waals surface area contributed by atoms with Crippen LogP contribution in [-0.4, -0.2) is 41.4 Å². The van der Waals surface area contributed by atoms with Gasteiger partial charge in [0.2, 0.25) is 5.91 Å². The van der Waals surface area contributed by atoms with Crippen LogP contribution in [-0.2, 0) is 17.9 Å². The lowest BCUT2D eigenvalue weighted by atomic mass is 10.2. The van der Waals surface area contributed by atoms with Gasteiger partial charge in [-0.05, 0) is 60.7 Å². The average molecular weight is 496 g/mol.